The Bertz CT molecular complexity index is 778. The van der Waals surface area contributed by atoms with Crippen LogP contribution in [0.25, 0.3) is 5.69 Å². The van der Waals surface area contributed by atoms with Crippen LogP contribution in [0.4, 0.5) is 4.39 Å². The van der Waals surface area contributed by atoms with Crippen molar-refractivity contribution in [2.45, 2.75) is 13.0 Å². The number of aromatic nitrogens is 3. The average molecular weight is 338 g/mol. The summed E-state index contributed by atoms with van der Waals surface area (Å²) >= 11 is 5.73. The zero-order valence-corrected chi connectivity index (χ0v) is 12.9. The van der Waals surface area contributed by atoms with E-state index in [2.05, 4.69) is 15.6 Å². The maximum atomic E-state index is 14.0. The molecule has 0 unspecified atom stereocenters. The summed E-state index contributed by atoms with van der Waals surface area (Å²) in [6, 6.07) is 3.86. The fraction of sp³-hybridized carbons (Fsp3) is 0.286. The minimum atomic E-state index is -0.649. The van der Waals surface area contributed by atoms with Crippen molar-refractivity contribution in [2.24, 2.45) is 0 Å². The van der Waals surface area contributed by atoms with Crippen molar-refractivity contribution in [3.05, 3.63) is 40.9 Å². The Morgan fingerprint density at radius 1 is 1.48 bits per heavy atom. The largest absolute Gasteiger partial charge is 0.353 e. The molecular formula is C14H13ClFN5O2. The highest BCUT2D eigenvalue weighted by Crippen LogP contribution is 2.21. The van der Waals surface area contributed by atoms with Gasteiger partial charge in [-0.2, -0.15) is 0 Å². The standard InChI is InChI=1S/C14H13ClFN5O2/c1-8-13(22)17-5-6-20(8)14(23)10-7-21(19-18-10)11-4-2-3-9(15)12(11)16/h2-4,7-8H,5-6H2,1H3,(H,17,22)/t8-/m0/s1. The van der Waals surface area contributed by atoms with E-state index >= 15 is 0 Å². The van der Waals surface area contributed by atoms with E-state index in [0.717, 1.165) is 4.68 Å². The Morgan fingerprint density at radius 2 is 2.26 bits per heavy atom. The van der Waals surface area contributed by atoms with Crippen molar-refractivity contribution in [1.82, 2.24) is 25.2 Å². The van der Waals surface area contributed by atoms with Crippen LogP contribution in [-0.2, 0) is 4.79 Å². The number of hydrogen-bond acceptors (Lipinski definition) is 4. The SMILES string of the molecule is C[C@H]1C(=O)NCCN1C(=O)c1cn(-c2cccc(Cl)c2F)nn1. The number of piperazine rings is 1. The number of rotatable bonds is 2. The van der Waals surface area contributed by atoms with Gasteiger partial charge in [0.05, 0.1) is 11.2 Å². The topological polar surface area (TPSA) is 80.1 Å². The van der Waals surface area contributed by atoms with Crippen molar-refractivity contribution in [3.8, 4) is 5.69 Å². The lowest BCUT2D eigenvalue weighted by atomic mass is 10.2. The number of nitrogens with zero attached hydrogens (tertiary/aromatic N) is 4. The number of amides is 2. The fourth-order valence-electron chi connectivity index (χ4n) is 2.36. The van der Waals surface area contributed by atoms with E-state index < -0.39 is 17.8 Å². The predicted molar refractivity (Wildman–Crippen MR) is 79.8 cm³/mol. The lowest BCUT2D eigenvalue weighted by Gasteiger charge is -2.32. The second kappa shape index (κ2) is 5.96. The summed E-state index contributed by atoms with van der Waals surface area (Å²) in [6.07, 6.45) is 1.32. The molecule has 1 saturated heterocycles. The Morgan fingerprint density at radius 3 is 3.04 bits per heavy atom. The smallest absolute Gasteiger partial charge is 0.276 e. The first-order chi connectivity index (χ1) is 11.0. The van der Waals surface area contributed by atoms with Gasteiger partial charge in [0.25, 0.3) is 5.91 Å². The van der Waals surface area contributed by atoms with Gasteiger partial charge in [0.1, 0.15) is 11.7 Å². The number of nitrogens with one attached hydrogen (secondary N) is 1. The summed E-state index contributed by atoms with van der Waals surface area (Å²) in [4.78, 5) is 25.5. The molecule has 9 heteroatoms. The third kappa shape index (κ3) is 2.77. The van der Waals surface area contributed by atoms with Gasteiger partial charge in [-0.15, -0.1) is 5.10 Å². The zero-order valence-electron chi connectivity index (χ0n) is 12.2. The van der Waals surface area contributed by atoms with Crippen LogP contribution in [0.15, 0.2) is 24.4 Å². The zero-order chi connectivity index (χ0) is 16.6. The highest BCUT2D eigenvalue weighted by atomic mass is 35.5. The van der Waals surface area contributed by atoms with Gasteiger partial charge in [0.2, 0.25) is 5.91 Å². The first-order valence-corrected chi connectivity index (χ1v) is 7.32. The van der Waals surface area contributed by atoms with Crippen molar-refractivity contribution >= 4 is 23.4 Å². The van der Waals surface area contributed by atoms with E-state index in [1.165, 1.54) is 23.2 Å². The number of benzene rings is 1. The molecule has 7 nitrogen and oxygen atoms in total. The first kappa shape index (κ1) is 15.4. The Hall–Kier alpha value is -2.48. The highest BCUT2D eigenvalue weighted by Gasteiger charge is 2.31. The van der Waals surface area contributed by atoms with Crippen molar-refractivity contribution in [3.63, 3.8) is 0 Å². The molecule has 1 aliphatic heterocycles. The van der Waals surface area contributed by atoms with Crippen molar-refractivity contribution < 1.29 is 14.0 Å². The molecule has 0 saturated carbocycles. The van der Waals surface area contributed by atoms with Gasteiger partial charge in [-0.3, -0.25) is 9.59 Å². The van der Waals surface area contributed by atoms with Gasteiger partial charge < -0.3 is 10.2 Å². The van der Waals surface area contributed by atoms with E-state index in [4.69, 9.17) is 11.6 Å². The average Bonchev–Trinajstić information content (AvgIpc) is 3.02. The van der Waals surface area contributed by atoms with Gasteiger partial charge in [-0.1, -0.05) is 22.9 Å². The number of hydrogen-bond donors (Lipinski definition) is 1. The molecule has 1 fully saturated rings. The van der Waals surface area contributed by atoms with Crippen LogP contribution in [0.1, 0.15) is 17.4 Å². The van der Waals surface area contributed by atoms with Crippen molar-refractivity contribution in [2.75, 3.05) is 13.1 Å². The summed E-state index contributed by atoms with van der Waals surface area (Å²) in [6.45, 7) is 2.39. The fourth-order valence-corrected chi connectivity index (χ4v) is 2.53. The summed E-state index contributed by atoms with van der Waals surface area (Å²) in [5.41, 5.74) is 0.124. The van der Waals surface area contributed by atoms with Gasteiger partial charge >= 0.3 is 0 Å². The molecule has 120 valence electrons. The van der Waals surface area contributed by atoms with Crippen LogP contribution in [0.2, 0.25) is 5.02 Å². The van der Waals surface area contributed by atoms with Crippen LogP contribution in [-0.4, -0.2) is 50.8 Å². The molecule has 1 N–H and O–H groups in total. The second-order valence-electron chi connectivity index (χ2n) is 5.09. The van der Waals surface area contributed by atoms with Gasteiger partial charge in [-0.05, 0) is 19.1 Å². The normalized spacial score (nSPS) is 18.0. The van der Waals surface area contributed by atoms with Gasteiger partial charge in [-0.25, -0.2) is 9.07 Å². The van der Waals surface area contributed by atoms with E-state index in [-0.39, 0.29) is 22.3 Å². The van der Waals surface area contributed by atoms with Crippen LogP contribution in [0.5, 0.6) is 0 Å². The highest BCUT2D eigenvalue weighted by molar-refractivity contribution is 6.30. The maximum absolute atomic E-state index is 14.0. The molecule has 0 bridgehead atoms. The third-order valence-corrected chi connectivity index (χ3v) is 3.94. The first-order valence-electron chi connectivity index (χ1n) is 6.94. The number of carbonyl (C=O) groups excluding carboxylic acids is 2. The molecular weight excluding hydrogens is 325 g/mol. The van der Waals surface area contributed by atoms with E-state index in [1.807, 2.05) is 0 Å². The van der Waals surface area contributed by atoms with Gasteiger partial charge in [0.15, 0.2) is 11.5 Å². The van der Waals surface area contributed by atoms with Crippen LogP contribution in [0.3, 0.4) is 0 Å². The molecule has 1 aromatic carbocycles. The lowest BCUT2D eigenvalue weighted by Crippen LogP contribution is -2.55. The number of carbonyl (C=O) groups is 2. The van der Waals surface area contributed by atoms with Crippen LogP contribution < -0.4 is 5.32 Å². The van der Waals surface area contributed by atoms with Crippen molar-refractivity contribution in [1.29, 1.82) is 0 Å². The van der Waals surface area contributed by atoms with E-state index in [1.54, 1.807) is 13.0 Å². The molecule has 1 aliphatic rings. The molecule has 2 aromatic rings. The number of halogens is 2. The summed E-state index contributed by atoms with van der Waals surface area (Å²) < 4.78 is 15.1. The molecule has 23 heavy (non-hydrogen) atoms. The minimum Gasteiger partial charge on any atom is -0.353 e. The predicted octanol–water partition coefficient (Wildman–Crippen LogP) is 1.02. The Labute approximate surface area is 136 Å². The van der Waals surface area contributed by atoms with Crippen LogP contribution in [0, 0.1) is 5.82 Å². The minimum absolute atomic E-state index is 0.0333. The molecule has 0 spiro atoms. The monoisotopic (exact) mass is 337 g/mol. The molecule has 0 aliphatic carbocycles. The van der Waals surface area contributed by atoms with Crippen LogP contribution >= 0.6 is 11.6 Å². The molecule has 3 rings (SSSR count). The lowest BCUT2D eigenvalue weighted by molar-refractivity contribution is -0.127. The Kier molecular flexibility index (Phi) is 3.99. The summed E-state index contributed by atoms with van der Waals surface area (Å²) in [5, 5.41) is 10.2. The quantitative estimate of drug-likeness (QED) is 0.887. The Balaban J connectivity index is 1.88. The molecule has 2 amide bonds. The maximum Gasteiger partial charge on any atom is 0.276 e. The molecule has 1 atom stereocenters. The van der Waals surface area contributed by atoms with E-state index in [0.29, 0.717) is 13.1 Å². The van der Waals surface area contributed by atoms with Gasteiger partial charge in [0, 0.05) is 13.1 Å². The summed E-state index contributed by atoms with van der Waals surface area (Å²) in [5.74, 6) is -1.30. The summed E-state index contributed by atoms with van der Waals surface area (Å²) in [7, 11) is 0. The second-order valence-corrected chi connectivity index (χ2v) is 5.49. The molecule has 1 aromatic heterocycles. The molecule has 2 heterocycles. The van der Waals surface area contributed by atoms with E-state index in [9.17, 15) is 14.0 Å². The molecule has 0 radical (unpaired) electrons. The third-order valence-electron chi connectivity index (χ3n) is 3.65.